The predicted molar refractivity (Wildman–Crippen MR) is 104 cm³/mol. The number of amides is 1. The number of halogens is 4. The van der Waals surface area contributed by atoms with Crippen LogP contribution in [0.2, 0.25) is 5.02 Å². The van der Waals surface area contributed by atoms with Crippen molar-refractivity contribution in [1.82, 2.24) is 5.32 Å². The predicted octanol–water partition coefficient (Wildman–Crippen LogP) is 4.86. The number of sulfone groups is 1. The van der Waals surface area contributed by atoms with Crippen molar-refractivity contribution < 1.29 is 30.8 Å². The summed E-state index contributed by atoms with van der Waals surface area (Å²) < 4.78 is 69.2. The van der Waals surface area contributed by atoms with E-state index in [2.05, 4.69) is 5.32 Å². The summed E-state index contributed by atoms with van der Waals surface area (Å²) in [6.45, 7) is -0.367. The van der Waals surface area contributed by atoms with Crippen LogP contribution in [-0.2, 0) is 28.3 Å². The van der Waals surface area contributed by atoms with E-state index in [9.17, 15) is 26.4 Å². The van der Waals surface area contributed by atoms with Crippen LogP contribution in [0.25, 0.3) is 0 Å². The van der Waals surface area contributed by atoms with Gasteiger partial charge in [-0.2, -0.15) is 13.2 Å². The third kappa shape index (κ3) is 5.22. The van der Waals surface area contributed by atoms with Crippen molar-refractivity contribution in [2.75, 3.05) is 0 Å². The van der Waals surface area contributed by atoms with Crippen LogP contribution in [0.4, 0.5) is 13.2 Å². The van der Waals surface area contributed by atoms with Crippen LogP contribution in [0.5, 0.6) is 0 Å². The van der Waals surface area contributed by atoms with E-state index in [1.54, 1.807) is 0 Å². The fraction of sp³-hybridized carbons (Fsp3) is 0.150. The first-order chi connectivity index (χ1) is 14.1. The van der Waals surface area contributed by atoms with Gasteiger partial charge in [0.05, 0.1) is 10.5 Å². The lowest BCUT2D eigenvalue weighted by Gasteiger charge is -2.12. The van der Waals surface area contributed by atoms with Gasteiger partial charge >= 0.3 is 6.18 Å². The molecule has 10 heteroatoms. The zero-order chi connectivity index (χ0) is 21.9. The summed E-state index contributed by atoms with van der Waals surface area (Å²) >= 11 is 5.75. The average molecular weight is 458 g/mol. The molecule has 0 aliphatic heterocycles. The Morgan fingerprint density at radius 1 is 1.00 bits per heavy atom. The highest BCUT2D eigenvalue weighted by Gasteiger charge is 2.32. The minimum Gasteiger partial charge on any atom is -0.455 e. The minimum atomic E-state index is -4.55. The number of carbonyl (C=O) groups excluding carboxylic acids is 1. The van der Waals surface area contributed by atoms with E-state index in [1.807, 2.05) is 0 Å². The zero-order valence-corrected chi connectivity index (χ0v) is 16.8. The van der Waals surface area contributed by atoms with E-state index in [4.69, 9.17) is 16.0 Å². The van der Waals surface area contributed by atoms with Crippen molar-refractivity contribution in [1.29, 1.82) is 0 Å². The SMILES string of the molecule is O=C(NCc1ccccc1C(F)(F)F)c1ccc(CS(=O)(=O)c2ccc(Cl)cc2)o1. The first kappa shape index (κ1) is 21.9. The Labute approximate surface area is 175 Å². The Morgan fingerprint density at radius 2 is 1.67 bits per heavy atom. The van der Waals surface area contributed by atoms with Crippen LogP contribution >= 0.6 is 11.6 Å². The standard InChI is InChI=1S/C20H15ClF3NO4S/c21-14-5-8-16(9-6-14)30(27,28)12-15-7-10-18(29-15)19(26)25-11-13-3-1-2-4-17(13)20(22,23)24/h1-10H,11-12H2,(H,25,26). The first-order valence-corrected chi connectivity index (χ1v) is 10.6. The summed E-state index contributed by atoms with van der Waals surface area (Å²) in [5.74, 6) is -1.44. The molecule has 30 heavy (non-hydrogen) atoms. The van der Waals surface area contributed by atoms with Crippen LogP contribution in [0.3, 0.4) is 0 Å². The maximum absolute atomic E-state index is 13.0. The van der Waals surface area contributed by atoms with Gasteiger partial charge in [0.2, 0.25) is 0 Å². The third-order valence-corrected chi connectivity index (χ3v) is 6.06. The molecule has 0 fully saturated rings. The first-order valence-electron chi connectivity index (χ1n) is 8.56. The summed E-state index contributed by atoms with van der Waals surface area (Å²) in [6.07, 6.45) is -4.55. The monoisotopic (exact) mass is 457 g/mol. The number of alkyl halides is 3. The van der Waals surface area contributed by atoms with Crippen LogP contribution in [0, 0.1) is 0 Å². The fourth-order valence-electron chi connectivity index (χ4n) is 2.70. The second kappa shape index (κ2) is 8.53. The molecule has 0 saturated carbocycles. The summed E-state index contributed by atoms with van der Waals surface area (Å²) in [4.78, 5) is 12.3. The highest BCUT2D eigenvalue weighted by molar-refractivity contribution is 7.90. The van der Waals surface area contributed by atoms with E-state index in [0.29, 0.717) is 5.02 Å². The zero-order valence-electron chi connectivity index (χ0n) is 15.2. The van der Waals surface area contributed by atoms with E-state index in [-0.39, 0.29) is 28.5 Å². The highest BCUT2D eigenvalue weighted by Crippen LogP contribution is 2.31. The largest absolute Gasteiger partial charge is 0.455 e. The van der Waals surface area contributed by atoms with Crippen molar-refractivity contribution in [3.63, 3.8) is 0 Å². The summed E-state index contributed by atoms with van der Waals surface area (Å²) in [6, 6.07) is 13.0. The van der Waals surface area contributed by atoms with Crippen LogP contribution in [0.15, 0.2) is 70.0 Å². The van der Waals surface area contributed by atoms with Gasteiger partial charge in [-0.3, -0.25) is 4.79 Å². The average Bonchev–Trinajstić information content (AvgIpc) is 3.14. The van der Waals surface area contributed by atoms with E-state index in [1.165, 1.54) is 54.6 Å². The molecule has 158 valence electrons. The molecule has 0 spiro atoms. The minimum absolute atomic E-state index is 0.0193. The quantitative estimate of drug-likeness (QED) is 0.573. The van der Waals surface area contributed by atoms with Gasteiger partial charge in [0.1, 0.15) is 11.5 Å². The molecule has 0 unspecified atom stereocenters. The van der Waals surface area contributed by atoms with Gasteiger partial charge in [0.15, 0.2) is 15.6 Å². The Hall–Kier alpha value is -2.78. The molecule has 3 rings (SSSR count). The van der Waals surface area contributed by atoms with E-state index in [0.717, 1.165) is 6.07 Å². The molecule has 1 N–H and O–H groups in total. The Balaban J connectivity index is 1.68. The molecule has 3 aromatic rings. The van der Waals surface area contributed by atoms with Gasteiger partial charge < -0.3 is 9.73 Å². The molecule has 0 aliphatic rings. The number of nitrogens with one attached hydrogen (secondary N) is 1. The molecular weight excluding hydrogens is 443 g/mol. The number of hydrogen-bond donors (Lipinski definition) is 1. The van der Waals surface area contributed by atoms with E-state index < -0.39 is 33.2 Å². The van der Waals surface area contributed by atoms with Gasteiger partial charge in [0, 0.05) is 11.6 Å². The van der Waals surface area contributed by atoms with Crippen molar-refractivity contribution in [3.05, 3.63) is 88.3 Å². The normalized spacial score (nSPS) is 12.0. The molecule has 5 nitrogen and oxygen atoms in total. The molecular formula is C20H15ClF3NO4S. The van der Waals surface area contributed by atoms with Crippen molar-refractivity contribution in [2.45, 2.75) is 23.4 Å². The molecule has 0 atom stereocenters. The second-order valence-corrected chi connectivity index (χ2v) is 8.74. The van der Waals surface area contributed by atoms with Crippen LogP contribution in [0.1, 0.15) is 27.4 Å². The van der Waals surface area contributed by atoms with Crippen molar-refractivity contribution in [2.24, 2.45) is 0 Å². The summed E-state index contributed by atoms with van der Waals surface area (Å²) in [7, 11) is -3.73. The Kier molecular flexibility index (Phi) is 6.23. The van der Waals surface area contributed by atoms with Gasteiger partial charge in [-0.05, 0) is 48.0 Å². The van der Waals surface area contributed by atoms with Crippen molar-refractivity contribution in [3.8, 4) is 0 Å². The number of rotatable bonds is 6. The molecule has 0 aliphatic carbocycles. The Morgan fingerprint density at radius 3 is 2.33 bits per heavy atom. The highest BCUT2D eigenvalue weighted by atomic mass is 35.5. The van der Waals surface area contributed by atoms with Crippen molar-refractivity contribution >= 4 is 27.3 Å². The lowest BCUT2D eigenvalue weighted by molar-refractivity contribution is -0.138. The molecule has 0 bridgehead atoms. The lowest BCUT2D eigenvalue weighted by Crippen LogP contribution is -2.24. The van der Waals surface area contributed by atoms with Gasteiger partial charge in [-0.25, -0.2) is 8.42 Å². The Bertz CT molecular complexity index is 1160. The number of hydrogen-bond acceptors (Lipinski definition) is 4. The third-order valence-electron chi connectivity index (χ3n) is 4.15. The number of furan rings is 1. The van der Waals surface area contributed by atoms with E-state index >= 15 is 0 Å². The lowest BCUT2D eigenvalue weighted by atomic mass is 10.1. The smallest absolute Gasteiger partial charge is 0.416 e. The van der Waals surface area contributed by atoms with Crippen LogP contribution < -0.4 is 5.32 Å². The van der Waals surface area contributed by atoms with Gasteiger partial charge in [-0.15, -0.1) is 0 Å². The molecule has 1 aromatic heterocycles. The maximum Gasteiger partial charge on any atom is 0.416 e. The maximum atomic E-state index is 13.0. The second-order valence-electron chi connectivity index (χ2n) is 6.32. The molecule has 2 aromatic carbocycles. The molecule has 0 radical (unpaired) electrons. The van der Waals surface area contributed by atoms with Crippen LogP contribution in [-0.4, -0.2) is 14.3 Å². The topological polar surface area (TPSA) is 76.4 Å². The fourth-order valence-corrected chi connectivity index (χ4v) is 4.08. The summed E-state index contributed by atoms with van der Waals surface area (Å²) in [5.41, 5.74) is -0.949. The molecule has 0 saturated heterocycles. The molecule has 1 heterocycles. The number of carbonyl (C=O) groups is 1. The summed E-state index contributed by atoms with van der Waals surface area (Å²) in [5, 5.41) is 2.73. The van der Waals surface area contributed by atoms with Gasteiger partial charge in [-0.1, -0.05) is 29.8 Å². The number of benzene rings is 2. The molecule has 1 amide bonds. The van der Waals surface area contributed by atoms with Gasteiger partial charge in [0.25, 0.3) is 5.91 Å².